The molecule has 1 unspecified atom stereocenters. The maximum atomic E-state index is 6.27. The van der Waals surface area contributed by atoms with Crippen LogP contribution in [0.4, 0.5) is 0 Å². The molecule has 110 valence electrons. The lowest BCUT2D eigenvalue weighted by Crippen LogP contribution is -2.34. The number of benzene rings is 1. The Labute approximate surface area is 127 Å². The largest absolute Gasteiger partial charge is 0.363 e. The molecule has 1 atom stereocenters. The van der Waals surface area contributed by atoms with E-state index in [1.807, 2.05) is 0 Å². The first-order chi connectivity index (χ1) is 9.49. The number of thioether (sulfide) groups is 1. The van der Waals surface area contributed by atoms with Gasteiger partial charge in [-0.3, -0.25) is 0 Å². The van der Waals surface area contributed by atoms with E-state index in [2.05, 4.69) is 62.9 Å². The summed E-state index contributed by atoms with van der Waals surface area (Å²) in [7, 11) is 0. The molecule has 1 aromatic carbocycles. The lowest BCUT2D eigenvalue weighted by atomic mass is 9.71. The van der Waals surface area contributed by atoms with Crippen molar-refractivity contribution in [3.63, 3.8) is 0 Å². The third-order valence-electron chi connectivity index (χ3n) is 5.00. The molecule has 0 bridgehead atoms. The molecule has 0 amide bonds. The van der Waals surface area contributed by atoms with Crippen LogP contribution >= 0.6 is 11.8 Å². The highest BCUT2D eigenvalue weighted by molar-refractivity contribution is 8.01. The van der Waals surface area contributed by atoms with E-state index in [0.717, 1.165) is 12.5 Å². The van der Waals surface area contributed by atoms with Crippen LogP contribution < -0.4 is 0 Å². The molecule has 2 fully saturated rings. The first-order valence-corrected chi connectivity index (χ1v) is 8.73. The zero-order valence-electron chi connectivity index (χ0n) is 12.9. The average Bonchev–Trinajstić information content (AvgIpc) is 2.83. The van der Waals surface area contributed by atoms with Gasteiger partial charge < -0.3 is 4.74 Å². The molecule has 1 spiro atoms. The van der Waals surface area contributed by atoms with E-state index in [4.69, 9.17) is 4.74 Å². The number of ether oxygens (including phenoxy) is 1. The van der Waals surface area contributed by atoms with Crippen molar-refractivity contribution >= 4 is 11.8 Å². The second-order valence-corrected chi connectivity index (χ2v) is 8.93. The molecule has 20 heavy (non-hydrogen) atoms. The minimum atomic E-state index is 0.113. The normalized spacial score (nSPS) is 34.5. The third kappa shape index (κ3) is 2.92. The summed E-state index contributed by atoms with van der Waals surface area (Å²) in [6.07, 6.45) is 5.09. The molecule has 1 aliphatic heterocycles. The Morgan fingerprint density at radius 1 is 1.10 bits per heavy atom. The van der Waals surface area contributed by atoms with E-state index in [0.29, 0.717) is 10.7 Å². The van der Waals surface area contributed by atoms with Gasteiger partial charge in [-0.05, 0) is 42.6 Å². The van der Waals surface area contributed by atoms with Gasteiger partial charge >= 0.3 is 0 Å². The highest BCUT2D eigenvalue weighted by Gasteiger charge is 2.45. The summed E-state index contributed by atoms with van der Waals surface area (Å²) in [5.74, 6) is 0.855. The number of rotatable bonds is 1. The second-order valence-electron chi connectivity index (χ2n) is 7.38. The number of hydrogen-bond donors (Lipinski definition) is 0. The van der Waals surface area contributed by atoms with Gasteiger partial charge in [-0.2, -0.15) is 0 Å². The molecule has 0 aromatic heterocycles. The van der Waals surface area contributed by atoms with Crippen LogP contribution in [0.5, 0.6) is 0 Å². The Bertz CT molecular complexity index is 440. The molecular weight excluding hydrogens is 264 g/mol. The average molecular weight is 290 g/mol. The summed E-state index contributed by atoms with van der Waals surface area (Å²) in [5.41, 5.74) is 1.87. The molecule has 1 nitrogen and oxygen atoms in total. The summed E-state index contributed by atoms with van der Waals surface area (Å²) in [4.78, 5) is 0.113. The van der Waals surface area contributed by atoms with E-state index < -0.39 is 0 Å². The maximum absolute atomic E-state index is 6.27. The van der Waals surface area contributed by atoms with E-state index in [-0.39, 0.29) is 4.93 Å². The predicted octanol–water partition coefficient (Wildman–Crippen LogP) is 5.42. The molecule has 2 aliphatic rings. The van der Waals surface area contributed by atoms with E-state index in [9.17, 15) is 0 Å². The van der Waals surface area contributed by atoms with Crippen molar-refractivity contribution in [3.8, 4) is 0 Å². The van der Waals surface area contributed by atoms with Gasteiger partial charge in [0.05, 0.1) is 11.9 Å². The first-order valence-electron chi connectivity index (χ1n) is 7.85. The van der Waals surface area contributed by atoms with Crippen molar-refractivity contribution in [1.82, 2.24) is 0 Å². The monoisotopic (exact) mass is 290 g/mol. The van der Waals surface area contributed by atoms with Crippen LogP contribution in [0.15, 0.2) is 30.3 Å². The minimum Gasteiger partial charge on any atom is -0.363 e. The zero-order valence-corrected chi connectivity index (χ0v) is 13.7. The summed E-state index contributed by atoms with van der Waals surface area (Å²) in [6, 6.07) is 10.8. The SMILES string of the molecule is CC(C)(C)C1CCC2(CC1)OCC(c1ccccc1)S2. The molecule has 3 rings (SSSR count). The fourth-order valence-electron chi connectivity index (χ4n) is 3.57. The van der Waals surface area contributed by atoms with Gasteiger partial charge in [0.15, 0.2) is 0 Å². The predicted molar refractivity (Wildman–Crippen MR) is 86.9 cm³/mol. The molecule has 1 aliphatic carbocycles. The topological polar surface area (TPSA) is 9.23 Å². The van der Waals surface area contributed by atoms with Crippen LogP contribution in [-0.2, 0) is 4.74 Å². The molecule has 2 heteroatoms. The molecule has 0 radical (unpaired) electrons. The van der Waals surface area contributed by atoms with Gasteiger partial charge in [0, 0.05) is 0 Å². The highest BCUT2D eigenvalue weighted by Crippen LogP contribution is 2.55. The Balaban J connectivity index is 1.63. The van der Waals surface area contributed by atoms with Crippen molar-refractivity contribution in [2.45, 2.75) is 56.6 Å². The van der Waals surface area contributed by atoms with Crippen LogP contribution in [0.25, 0.3) is 0 Å². The highest BCUT2D eigenvalue weighted by atomic mass is 32.2. The lowest BCUT2D eigenvalue weighted by molar-refractivity contribution is -0.00608. The maximum Gasteiger partial charge on any atom is 0.114 e. The van der Waals surface area contributed by atoms with Crippen LogP contribution in [0.3, 0.4) is 0 Å². The zero-order chi connectivity index (χ0) is 14.2. The van der Waals surface area contributed by atoms with Gasteiger partial charge in [-0.15, -0.1) is 11.8 Å². The van der Waals surface area contributed by atoms with Crippen LogP contribution in [-0.4, -0.2) is 11.5 Å². The molecule has 1 heterocycles. The van der Waals surface area contributed by atoms with Crippen molar-refractivity contribution in [2.24, 2.45) is 11.3 Å². The first kappa shape index (κ1) is 14.5. The van der Waals surface area contributed by atoms with E-state index >= 15 is 0 Å². The Hall–Kier alpha value is -0.470. The summed E-state index contributed by atoms with van der Waals surface area (Å²) < 4.78 is 6.27. The van der Waals surface area contributed by atoms with E-state index in [1.54, 1.807) is 0 Å². The standard InChI is InChI=1S/C18H26OS/c1-17(2,3)15-9-11-18(12-10-15)19-13-16(20-18)14-7-5-4-6-8-14/h4-8,15-16H,9-13H2,1-3H3. The van der Waals surface area contributed by atoms with Gasteiger partial charge in [-0.25, -0.2) is 0 Å². The lowest BCUT2D eigenvalue weighted by Gasteiger charge is -2.41. The Kier molecular flexibility index (Phi) is 3.89. The minimum absolute atomic E-state index is 0.113. The van der Waals surface area contributed by atoms with Crippen molar-refractivity contribution < 1.29 is 4.74 Å². The molecule has 0 N–H and O–H groups in total. The van der Waals surface area contributed by atoms with Crippen LogP contribution in [0, 0.1) is 11.3 Å². The van der Waals surface area contributed by atoms with Crippen LogP contribution in [0.2, 0.25) is 0 Å². The van der Waals surface area contributed by atoms with Crippen molar-refractivity contribution in [3.05, 3.63) is 35.9 Å². The molecule has 1 saturated heterocycles. The molecule has 1 aromatic rings. The fourth-order valence-corrected chi connectivity index (χ4v) is 5.13. The van der Waals surface area contributed by atoms with Crippen molar-refractivity contribution in [1.29, 1.82) is 0 Å². The summed E-state index contributed by atoms with van der Waals surface area (Å²) in [6.45, 7) is 8.02. The summed E-state index contributed by atoms with van der Waals surface area (Å²) in [5, 5.41) is 0.530. The smallest absolute Gasteiger partial charge is 0.114 e. The quantitative estimate of drug-likeness (QED) is 0.682. The van der Waals surface area contributed by atoms with Gasteiger partial charge in [0.1, 0.15) is 4.93 Å². The Morgan fingerprint density at radius 2 is 1.75 bits per heavy atom. The van der Waals surface area contributed by atoms with Gasteiger partial charge in [-0.1, -0.05) is 51.1 Å². The van der Waals surface area contributed by atoms with Crippen molar-refractivity contribution in [2.75, 3.05) is 6.61 Å². The van der Waals surface area contributed by atoms with Gasteiger partial charge in [0.25, 0.3) is 0 Å². The fraction of sp³-hybridized carbons (Fsp3) is 0.667. The third-order valence-corrected chi connectivity index (χ3v) is 6.65. The second kappa shape index (κ2) is 5.38. The Morgan fingerprint density at radius 3 is 2.35 bits per heavy atom. The molecular formula is C18H26OS. The van der Waals surface area contributed by atoms with Crippen LogP contribution in [0.1, 0.15) is 57.3 Å². The summed E-state index contributed by atoms with van der Waals surface area (Å²) >= 11 is 2.08. The van der Waals surface area contributed by atoms with E-state index in [1.165, 1.54) is 31.2 Å². The number of hydrogen-bond acceptors (Lipinski definition) is 2. The van der Waals surface area contributed by atoms with Gasteiger partial charge in [0.2, 0.25) is 0 Å². The molecule has 1 saturated carbocycles.